The molecule has 0 N–H and O–H groups in total. The van der Waals surface area contributed by atoms with Crippen LogP contribution in [0.3, 0.4) is 0 Å². The monoisotopic (exact) mass is 569 g/mol. The van der Waals surface area contributed by atoms with Crippen molar-refractivity contribution in [2.45, 2.75) is 51.4 Å². The first-order chi connectivity index (χ1) is 18.7. The topological polar surface area (TPSA) is 72.6 Å². The zero-order valence-electron chi connectivity index (χ0n) is 21.5. The second-order valence-electron chi connectivity index (χ2n) is 9.96. The first-order valence-electron chi connectivity index (χ1n) is 12.4. The second-order valence-corrected chi connectivity index (χ2v) is 9.96. The number of hydrogen-bond acceptors (Lipinski definition) is 5. The number of rotatable bonds is 4. The number of anilines is 1. The number of aryl methyl sites for hydroxylation is 1. The van der Waals surface area contributed by atoms with Crippen LogP contribution in [-0.4, -0.2) is 62.9 Å². The number of fused-ring (bicyclic) bond motifs is 1. The number of carbonyl (C=O) groups is 1. The fourth-order valence-electron chi connectivity index (χ4n) is 5.01. The number of hydrogen-bond donors (Lipinski definition) is 0. The van der Waals surface area contributed by atoms with Gasteiger partial charge in [0.2, 0.25) is 0 Å². The molecule has 0 spiro atoms. The van der Waals surface area contributed by atoms with E-state index in [1.807, 2.05) is 0 Å². The molecule has 0 bridgehead atoms. The molecule has 1 aromatic carbocycles. The molecule has 4 heterocycles. The van der Waals surface area contributed by atoms with E-state index in [2.05, 4.69) is 4.98 Å². The fourth-order valence-corrected chi connectivity index (χ4v) is 5.01. The summed E-state index contributed by atoms with van der Waals surface area (Å²) in [5, 5.41) is 0. The Kier molecular flexibility index (Phi) is 6.92. The van der Waals surface area contributed by atoms with Crippen LogP contribution in [0.5, 0.6) is 0 Å². The van der Waals surface area contributed by atoms with E-state index >= 15 is 0 Å². The standard InChI is InChI=1S/C26H25F6N5O3/c1-15-10-35(14-33-15)20-3-4-21-24(39)36(16(2)11-37(21)23(20)38)12-17-7-18(25(27,28)29)9-19(8-17)34-5-6-40-22(13-34)26(30,31)32/h3-4,7-10,14,16,22H,5-6,11-13H2,1-2H3/t16-,22?/m1/s1. The quantitative estimate of drug-likeness (QED) is 0.441. The maximum Gasteiger partial charge on any atom is 0.416 e. The Labute approximate surface area is 224 Å². The minimum absolute atomic E-state index is 0.0263. The summed E-state index contributed by atoms with van der Waals surface area (Å²) in [6, 6.07) is 5.46. The highest BCUT2D eigenvalue weighted by Gasteiger charge is 2.44. The molecule has 2 aliphatic heterocycles. The highest BCUT2D eigenvalue weighted by molar-refractivity contribution is 5.93. The lowest BCUT2D eigenvalue weighted by molar-refractivity contribution is -0.221. The van der Waals surface area contributed by atoms with Crippen LogP contribution in [0.1, 0.15) is 34.2 Å². The number of halogens is 6. The van der Waals surface area contributed by atoms with Gasteiger partial charge in [-0.25, -0.2) is 4.98 Å². The second kappa shape index (κ2) is 9.98. The largest absolute Gasteiger partial charge is 0.416 e. The van der Waals surface area contributed by atoms with Gasteiger partial charge in [0.05, 0.1) is 30.7 Å². The highest BCUT2D eigenvalue weighted by Crippen LogP contribution is 2.35. The van der Waals surface area contributed by atoms with Crippen LogP contribution in [-0.2, 0) is 24.0 Å². The normalized spacial score (nSPS) is 20.1. The SMILES string of the molecule is Cc1cn(-c2ccc3n(c2=O)C[C@@H](C)N(Cc2cc(N4CCOC(C(F)(F)F)C4)cc(C(F)(F)F)c2)C3=O)cn1. The van der Waals surface area contributed by atoms with Crippen molar-refractivity contribution >= 4 is 11.6 Å². The molecule has 3 aromatic rings. The van der Waals surface area contributed by atoms with Crippen molar-refractivity contribution in [2.24, 2.45) is 0 Å². The van der Waals surface area contributed by atoms with Crippen molar-refractivity contribution in [3.05, 3.63) is 75.7 Å². The molecule has 14 heteroatoms. The van der Waals surface area contributed by atoms with Crippen molar-refractivity contribution in [2.75, 3.05) is 24.6 Å². The first-order valence-corrected chi connectivity index (χ1v) is 12.4. The van der Waals surface area contributed by atoms with Gasteiger partial charge in [0.25, 0.3) is 11.5 Å². The summed E-state index contributed by atoms with van der Waals surface area (Å²) in [5.74, 6) is -0.549. The third-order valence-corrected chi connectivity index (χ3v) is 7.06. The number of morpholine rings is 1. The number of ether oxygens (including phenoxy) is 1. The van der Waals surface area contributed by atoms with E-state index in [0.717, 1.165) is 12.1 Å². The summed E-state index contributed by atoms with van der Waals surface area (Å²) in [5.41, 5.74) is -0.325. The van der Waals surface area contributed by atoms with E-state index in [0.29, 0.717) is 11.4 Å². The Morgan fingerprint density at radius 2 is 1.80 bits per heavy atom. The van der Waals surface area contributed by atoms with E-state index in [-0.39, 0.29) is 43.2 Å². The zero-order valence-corrected chi connectivity index (χ0v) is 21.5. The third-order valence-electron chi connectivity index (χ3n) is 7.06. The van der Waals surface area contributed by atoms with Gasteiger partial charge in [-0.3, -0.25) is 9.59 Å². The van der Waals surface area contributed by atoms with Crippen LogP contribution in [0.25, 0.3) is 5.69 Å². The Bertz CT molecular complexity index is 1500. The van der Waals surface area contributed by atoms with Crippen LogP contribution < -0.4 is 10.5 Å². The van der Waals surface area contributed by atoms with Crippen LogP contribution >= 0.6 is 0 Å². The Morgan fingerprint density at radius 3 is 2.45 bits per heavy atom. The molecule has 1 saturated heterocycles. The van der Waals surface area contributed by atoms with E-state index in [1.165, 1.54) is 38.9 Å². The van der Waals surface area contributed by atoms with Gasteiger partial charge in [-0.1, -0.05) is 0 Å². The molecule has 8 nitrogen and oxygen atoms in total. The summed E-state index contributed by atoms with van der Waals surface area (Å²) in [6.45, 7) is 2.32. The Morgan fingerprint density at radius 1 is 1.05 bits per heavy atom. The summed E-state index contributed by atoms with van der Waals surface area (Å²) in [7, 11) is 0. The minimum Gasteiger partial charge on any atom is -0.366 e. The Hall–Kier alpha value is -3.81. The molecule has 40 heavy (non-hydrogen) atoms. The number of carbonyl (C=O) groups excluding carboxylic acids is 1. The fraction of sp³-hybridized carbons (Fsp3) is 0.423. The molecule has 2 aliphatic rings. The summed E-state index contributed by atoms with van der Waals surface area (Å²) < 4.78 is 88.7. The number of pyridine rings is 1. The average molecular weight is 570 g/mol. The van der Waals surface area contributed by atoms with Crippen molar-refractivity contribution in [3.8, 4) is 5.69 Å². The van der Waals surface area contributed by atoms with Gasteiger partial charge < -0.3 is 23.7 Å². The average Bonchev–Trinajstić information content (AvgIpc) is 3.32. The lowest BCUT2D eigenvalue weighted by atomic mass is 10.0. The predicted octanol–water partition coefficient (Wildman–Crippen LogP) is 4.17. The van der Waals surface area contributed by atoms with Gasteiger partial charge in [0.1, 0.15) is 11.4 Å². The molecule has 1 fully saturated rings. The molecule has 1 unspecified atom stereocenters. The smallest absolute Gasteiger partial charge is 0.366 e. The van der Waals surface area contributed by atoms with Crippen molar-refractivity contribution in [3.63, 3.8) is 0 Å². The number of imidazole rings is 1. The predicted molar refractivity (Wildman–Crippen MR) is 131 cm³/mol. The number of nitrogens with zero attached hydrogens (tertiary/aromatic N) is 5. The third kappa shape index (κ3) is 5.31. The lowest BCUT2D eigenvalue weighted by Crippen LogP contribution is -2.50. The number of amides is 1. The van der Waals surface area contributed by atoms with Gasteiger partial charge in [-0.15, -0.1) is 0 Å². The van der Waals surface area contributed by atoms with Crippen LogP contribution in [0.4, 0.5) is 32.0 Å². The number of alkyl halides is 6. The number of benzene rings is 1. The van der Waals surface area contributed by atoms with Crippen molar-refractivity contribution < 1.29 is 35.9 Å². The minimum atomic E-state index is -4.76. The molecule has 0 aliphatic carbocycles. The van der Waals surface area contributed by atoms with Crippen LogP contribution in [0, 0.1) is 6.92 Å². The van der Waals surface area contributed by atoms with Crippen LogP contribution in [0.2, 0.25) is 0 Å². The van der Waals surface area contributed by atoms with E-state index in [9.17, 15) is 35.9 Å². The molecule has 0 radical (unpaired) electrons. The van der Waals surface area contributed by atoms with Gasteiger partial charge in [-0.05, 0) is 49.7 Å². The highest BCUT2D eigenvalue weighted by atomic mass is 19.4. The van der Waals surface area contributed by atoms with E-state index < -0.39 is 48.1 Å². The summed E-state index contributed by atoms with van der Waals surface area (Å²) >= 11 is 0. The maximum absolute atomic E-state index is 13.8. The zero-order chi connectivity index (χ0) is 29.0. The summed E-state index contributed by atoms with van der Waals surface area (Å²) in [6.07, 6.45) is -8.41. The number of aromatic nitrogens is 3. The molecular weight excluding hydrogens is 544 g/mol. The molecule has 0 saturated carbocycles. The molecule has 2 atom stereocenters. The summed E-state index contributed by atoms with van der Waals surface area (Å²) in [4.78, 5) is 33.3. The maximum atomic E-state index is 13.8. The lowest BCUT2D eigenvalue weighted by Gasteiger charge is -2.37. The van der Waals surface area contributed by atoms with Gasteiger partial charge in [0.15, 0.2) is 6.10 Å². The molecule has 214 valence electrons. The first kappa shape index (κ1) is 27.7. The molecule has 5 rings (SSSR count). The van der Waals surface area contributed by atoms with Crippen LogP contribution in [0.15, 0.2) is 47.7 Å². The van der Waals surface area contributed by atoms with Crippen molar-refractivity contribution in [1.82, 2.24) is 19.0 Å². The van der Waals surface area contributed by atoms with Gasteiger partial charge in [0, 0.05) is 37.6 Å². The van der Waals surface area contributed by atoms with Crippen molar-refractivity contribution in [1.29, 1.82) is 0 Å². The molecule has 2 aromatic heterocycles. The van der Waals surface area contributed by atoms with Gasteiger partial charge >= 0.3 is 12.4 Å². The molecule has 1 amide bonds. The van der Waals surface area contributed by atoms with Gasteiger partial charge in [-0.2, -0.15) is 26.3 Å². The molecular formula is C26H25F6N5O3. The van der Waals surface area contributed by atoms with E-state index in [4.69, 9.17) is 4.74 Å². The Balaban J connectivity index is 1.46. The van der Waals surface area contributed by atoms with E-state index in [1.54, 1.807) is 24.6 Å².